The molecule has 31 heavy (non-hydrogen) atoms. The van der Waals surface area contributed by atoms with E-state index in [2.05, 4.69) is 37.5 Å². The van der Waals surface area contributed by atoms with E-state index in [1.165, 1.54) is 30.5 Å². The van der Waals surface area contributed by atoms with Gasteiger partial charge in [-0.2, -0.15) is 4.98 Å². The number of urea groups is 1. The number of hydrogen-bond donors (Lipinski definition) is 2. The summed E-state index contributed by atoms with van der Waals surface area (Å²) in [6.07, 6.45) is 3.89. The predicted molar refractivity (Wildman–Crippen MR) is 118 cm³/mol. The third-order valence-corrected chi connectivity index (χ3v) is 7.49. The summed E-state index contributed by atoms with van der Waals surface area (Å²) in [6, 6.07) is 9.78. The Morgan fingerprint density at radius 2 is 2.03 bits per heavy atom. The second-order valence-electron chi connectivity index (χ2n) is 6.04. The Kier molecular flexibility index (Phi) is 5.67. The lowest BCUT2D eigenvalue weighted by Crippen LogP contribution is -2.34. The molecule has 0 bridgehead atoms. The minimum Gasteiger partial charge on any atom is -0.306 e. The first kappa shape index (κ1) is 21.3. The molecule has 0 unspecified atom stereocenters. The molecule has 0 atom stereocenters. The number of pyridine rings is 1. The van der Waals surface area contributed by atoms with Gasteiger partial charge in [0.2, 0.25) is 5.82 Å². The van der Waals surface area contributed by atoms with E-state index in [4.69, 9.17) is 11.6 Å². The molecule has 2 N–H and O–H groups in total. The average molecular weight is 540 g/mol. The van der Waals surface area contributed by atoms with Gasteiger partial charge in [-0.05, 0) is 30.3 Å². The van der Waals surface area contributed by atoms with Gasteiger partial charge in [-0.3, -0.25) is 0 Å². The van der Waals surface area contributed by atoms with Crippen LogP contribution < -0.4 is 20.6 Å². The van der Waals surface area contributed by atoms with E-state index in [1.807, 2.05) is 4.72 Å². The van der Waals surface area contributed by atoms with Crippen LogP contribution in [-0.4, -0.2) is 24.0 Å². The summed E-state index contributed by atoms with van der Waals surface area (Å²) in [7, 11) is -4.05. The van der Waals surface area contributed by atoms with Crippen LogP contribution in [0.15, 0.2) is 62.1 Å². The van der Waals surface area contributed by atoms with Crippen LogP contribution >= 0.6 is 38.9 Å². The zero-order valence-electron chi connectivity index (χ0n) is 15.2. The quantitative estimate of drug-likeness (QED) is 0.411. The smallest absolute Gasteiger partial charge is 0.306 e. The van der Waals surface area contributed by atoms with Crippen molar-refractivity contribution in [3.63, 3.8) is 0 Å². The predicted octanol–water partition coefficient (Wildman–Crippen LogP) is 2.77. The molecule has 4 aromatic rings. The molecule has 0 aliphatic carbocycles. The van der Waals surface area contributed by atoms with E-state index >= 15 is 0 Å². The van der Waals surface area contributed by atoms with Gasteiger partial charge in [-0.1, -0.05) is 32.1 Å². The van der Waals surface area contributed by atoms with E-state index in [9.17, 15) is 18.0 Å². The molecule has 0 saturated heterocycles. The molecule has 3 aromatic heterocycles. The molecule has 0 fully saturated rings. The van der Waals surface area contributed by atoms with Crippen molar-refractivity contribution in [1.29, 1.82) is 0 Å². The van der Waals surface area contributed by atoms with Crippen molar-refractivity contribution in [2.75, 3.05) is 5.32 Å². The first-order chi connectivity index (χ1) is 14.7. The summed E-state index contributed by atoms with van der Waals surface area (Å²) >= 11 is 9.88. The largest absolute Gasteiger partial charge is 0.393 e. The molecule has 3 heterocycles. The number of carbonyl (C=O) groups is 1. The number of sulfonamides is 1. The zero-order valence-corrected chi connectivity index (χ0v) is 19.1. The Morgan fingerprint density at radius 3 is 2.71 bits per heavy atom. The molecule has 2 amide bonds. The fraction of sp³-hybridized carbons (Fsp3) is 0. The Labute approximate surface area is 192 Å². The molecular weight excluding hydrogens is 530 g/mol. The highest BCUT2D eigenvalue weighted by atomic mass is 79.9. The van der Waals surface area contributed by atoms with Gasteiger partial charge >= 0.3 is 17.9 Å². The van der Waals surface area contributed by atoms with Gasteiger partial charge in [0.05, 0.1) is 16.2 Å². The maximum Gasteiger partial charge on any atom is 0.393 e. The highest BCUT2D eigenvalue weighted by Gasteiger charge is 2.20. The van der Waals surface area contributed by atoms with Gasteiger partial charge in [0.1, 0.15) is 9.60 Å². The number of amides is 2. The van der Waals surface area contributed by atoms with Crippen molar-refractivity contribution in [3.05, 3.63) is 74.2 Å². The van der Waals surface area contributed by atoms with Crippen LogP contribution in [0.4, 0.5) is 10.5 Å². The van der Waals surface area contributed by atoms with Crippen molar-refractivity contribution in [1.82, 2.24) is 14.3 Å². The van der Waals surface area contributed by atoms with Gasteiger partial charge in [0.15, 0.2) is 0 Å². The van der Waals surface area contributed by atoms with Crippen LogP contribution in [0.25, 0.3) is 16.7 Å². The van der Waals surface area contributed by atoms with Gasteiger partial charge in [-0.15, -0.1) is 11.3 Å². The molecule has 0 radical (unpaired) electrons. The maximum atomic E-state index is 12.7. The third kappa shape index (κ3) is 4.54. The fourth-order valence-electron chi connectivity index (χ4n) is 2.57. The molecule has 0 spiro atoms. The lowest BCUT2D eigenvalue weighted by Gasteiger charge is -2.07. The third-order valence-electron chi connectivity index (χ3n) is 3.94. The molecule has 9 nitrogen and oxygen atoms in total. The Bertz CT molecular complexity index is 1470. The highest BCUT2D eigenvalue weighted by molar-refractivity contribution is 9.10. The van der Waals surface area contributed by atoms with E-state index in [0.717, 1.165) is 20.4 Å². The average Bonchev–Trinajstić information content (AvgIpc) is 3.16. The number of hydrogen-bond acceptors (Lipinski definition) is 6. The summed E-state index contributed by atoms with van der Waals surface area (Å²) in [4.78, 5) is 33.0. The molecule has 0 aliphatic rings. The van der Waals surface area contributed by atoms with E-state index in [-0.39, 0.29) is 25.6 Å². The number of benzene rings is 1. The Morgan fingerprint density at radius 1 is 1.23 bits per heavy atom. The van der Waals surface area contributed by atoms with Gasteiger partial charge in [0, 0.05) is 16.6 Å². The number of nitrogens with one attached hydrogen (secondary N) is 2. The number of carbonyl (C=O) groups excluding carboxylic acids is 1. The second kappa shape index (κ2) is 8.27. The molecule has 0 saturated carbocycles. The Balaban J connectivity index is 1.52. The number of halogens is 2. The molecule has 156 valence electrons. The summed E-state index contributed by atoms with van der Waals surface area (Å²) in [5, 5.41) is 2.75. The fourth-order valence-corrected chi connectivity index (χ4v) is 5.32. The van der Waals surface area contributed by atoms with Gasteiger partial charge in [-0.25, -0.2) is 27.7 Å². The number of anilines is 1. The molecule has 1 aromatic carbocycles. The van der Waals surface area contributed by atoms with Crippen molar-refractivity contribution in [2.45, 2.75) is 4.21 Å². The van der Waals surface area contributed by atoms with Crippen molar-refractivity contribution >= 4 is 71.5 Å². The monoisotopic (exact) mass is 538 g/mol. The van der Waals surface area contributed by atoms with Gasteiger partial charge < -0.3 is 5.32 Å². The number of thiophene rings is 1. The van der Waals surface area contributed by atoms with E-state index in [0.29, 0.717) is 10.9 Å². The van der Waals surface area contributed by atoms with Crippen molar-refractivity contribution < 1.29 is 18.2 Å². The van der Waals surface area contributed by atoms with Crippen LogP contribution in [0.5, 0.6) is 0 Å². The Hall–Kier alpha value is -2.98. The van der Waals surface area contributed by atoms with Crippen LogP contribution in [0.2, 0.25) is 4.34 Å². The number of fused-ring (bicyclic) bond motifs is 1. The van der Waals surface area contributed by atoms with Crippen LogP contribution in [0.1, 0.15) is 0 Å². The first-order valence-electron chi connectivity index (χ1n) is 8.38. The molecular formula is C18H10BrClN5O4S2+. The number of rotatable bonds is 4. The second-order valence-corrected chi connectivity index (χ2v) is 10.6. The number of nitrogens with zero attached hydrogens (tertiary/aromatic N) is 3. The maximum absolute atomic E-state index is 12.7. The van der Waals surface area contributed by atoms with Gasteiger partial charge in [0.25, 0.3) is 15.5 Å². The topological polar surface area (TPSA) is 124 Å². The summed E-state index contributed by atoms with van der Waals surface area (Å²) < 4.78 is 28.3. The minimum absolute atomic E-state index is 0.0912. The summed E-state index contributed by atoms with van der Waals surface area (Å²) in [6.45, 7) is 0. The normalized spacial score (nSPS) is 11.2. The standard InChI is InChI=1S/C18H9BrClN5O4S2/c19-10-1-3-13-12(7-10)17(26)25(9-22-13)15-5-2-11(8-21-15)23-18(27)24-31(28,29)16-6-4-14(20)30-16/h1-8H,(H-,23,24,27)/p+1. The highest BCUT2D eigenvalue weighted by Crippen LogP contribution is 2.25. The SMILES string of the molecule is O=C(Nc1ccc(-n2c#[n+]c3ccc(Br)cc3c2=O)nc1)NS(=O)(=O)c1ccc(Cl)s1. The summed E-state index contributed by atoms with van der Waals surface area (Å²) in [5.41, 5.74) is 0.343. The van der Waals surface area contributed by atoms with Crippen molar-refractivity contribution in [3.8, 4) is 5.82 Å². The van der Waals surface area contributed by atoms with Crippen LogP contribution in [0, 0.1) is 6.33 Å². The molecule has 13 heteroatoms. The zero-order chi connectivity index (χ0) is 22.2. The van der Waals surface area contributed by atoms with E-state index < -0.39 is 16.1 Å². The van der Waals surface area contributed by atoms with Crippen LogP contribution in [0.3, 0.4) is 0 Å². The van der Waals surface area contributed by atoms with Crippen LogP contribution in [-0.2, 0) is 10.0 Å². The van der Waals surface area contributed by atoms with E-state index in [1.54, 1.807) is 18.2 Å². The summed E-state index contributed by atoms with van der Waals surface area (Å²) in [5.74, 6) is 0.228. The number of aromatic nitrogens is 3. The molecule has 0 aliphatic heterocycles. The first-order valence-corrected chi connectivity index (χ1v) is 11.9. The minimum atomic E-state index is -4.05. The van der Waals surface area contributed by atoms with Crippen molar-refractivity contribution in [2.24, 2.45) is 0 Å². The lowest BCUT2D eigenvalue weighted by atomic mass is 10.2. The lowest BCUT2D eigenvalue weighted by molar-refractivity contribution is -0.263. The molecule has 4 rings (SSSR count).